The lowest BCUT2D eigenvalue weighted by Gasteiger charge is -2.41. The summed E-state index contributed by atoms with van der Waals surface area (Å²) >= 11 is 0. The van der Waals surface area contributed by atoms with Crippen LogP contribution in [-0.2, 0) is 15.1 Å². The average molecular weight is 486 g/mol. The predicted octanol–water partition coefficient (Wildman–Crippen LogP) is 0.564. The molecule has 2 saturated heterocycles. The normalized spacial score (nSPS) is 23.5. The Balaban J connectivity index is 0.00000261. The lowest BCUT2D eigenvalue weighted by molar-refractivity contribution is -0.896. The number of nitrogens with zero attached hydrogens (tertiary/aromatic N) is 2. The molecule has 2 heterocycles. The number of ether oxygens (including phenoxy) is 1. The average Bonchev–Trinajstić information content (AvgIpc) is 2.93. The first kappa shape index (κ1) is 22.6. The molecule has 2 aliphatic heterocycles. The van der Waals surface area contributed by atoms with E-state index in [4.69, 9.17) is 4.74 Å². The van der Waals surface area contributed by atoms with Gasteiger partial charge in [-0.2, -0.15) is 0 Å². The van der Waals surface area contributed by atoms with Crippen LogP contribution in [0.2, 0.25) is 0 Å². The summed E-state index contributed by atoms with van der Waals surface area (Å²) in [5, 5.41) is 0. The molecular weight excluding hydrogens is 451 g/mol. The van der Waals surface area contributed by atoms with Crippen molar-refractivity contribution in [3.63, 3.8) is 0 Å². The van der Waals surface area contributed by atoms with Gasteiger partial charge in [0.05, 0.1) is 27.2 Å². The van der Waals surface area contributed by atoms with E-state index in [1.54, 1.807) is 0 Å². The Morgan fingerprint density at radius 2 is 1.59 bits per heavy atom. The van der Waals surface area contributed by atoms with Crippen molar-refractivity contribution >= 4 is 5.97 Å². The number of halogens is 1. The van der Waals surface area contributed by atoms with E-state index in [0.29, 0.717) is 0 Å². The molecule has 0 amide bonds. The number of hydrogen-bond donors (Lipinski definition) is 0. The highest BCUT2D eigenvalue weighted by Gasteiger charge is 2.44. The summed E-state index contributed by atoms with van der Waals surface area (Å²) in [5.41, 5.74) is 0.367. The summed E-state index contributed by atoms with van der Waals surface area (Å²) in [5.74, 6) is -0.0668. The van der Waals surface area contributed by atoms with Gasteiger partial charge in [0.2, 0.25) is 0 Å². The number of hydrogen-bond acceptors (Lipinski definition) is 3. The van der Waals surface area contributed by atoms with Gasteiger partial charge < -0.3 is 33.2 Å². The van der Waals surface area contributed by atoms with Crippen LogP contribution in [0, 0.1) is 0 Å². The van der Waals surface area contributed by atoms with Gasteiger partial charge in [-0.3, -0.25) is 4.90 Å². The van der Waals surface area contributed by atoms with E-state index in [2.05, 4.69) is 38.1 Å². The Labute approximate surface area is 181 Å². The minimum Gasteiger partial charge on any atom is -1.00 e. The number of carbonyl (C=O) groups is 1. The molecule has 0 aromatic heterocycles. The van der Waals surface area contributed by atoms with Gasteiger partial charge in [-0.25, -0.2) is 4.79 Å². The lowest BCUT2D eigenvalue weighted by Crippen LogP contribution is -3.00. The SMILES string of the molecule is CC(C(=O)OC1CC[N+](C)(C)CC1)(c1ccccc1)N1CCCCCC1.[I-]. The fraction of sp³-hybridized carbons (Fsp3) is 0.682. The monoisotopic (exact) mass is 486 g/mol. The van der Waals surface area contributed by atoms with E-state index in [1.165, 1.54) is 12.8 Å². The van der Waals surface area contributed by atoms with Crippen LogP contribution in [0.1, 0.15) is 51.0 Å². The third-order valence-corrected chi connectivity index (χ3v) is 6.36. The molecule has 2 aliphatic rings. The van der Waals surface area contributed by atoms with Crippen molar-refractivity contribution in [2.45, 2.75) is 57.1 Å². The highest BCUT2D eigenvalue weighted by molar-refractivity contribution is 5.82. The summed E-state index contributed by atoms with van der Waals surface area (Å²) < 4.78 is 7.13. The second kappa shape index (κ2) is 9.70. The number of esters is 1. The zero-order valence-electron chi connectivity index (χ0n) is 17.1. The third kappa shape index (κ3) is 5.45. The zero-order valence-corrected chi connectivity index (χ0v) is 19.3. The number of carbonyl (C=O) groups excluding carboxylic acids is 1. The molecule has 1 unspecified atom stereocenters. The number of piperidine rings is 1. The minimum absolute atomic E-state index is 0. The van der Waals surface area contributed by atoms with Gasteiger partial charge in [0, 0.05) is 12.8 Å². The molecule has 3 rings (SSSR count). The van der Waals surface area contributed by atoms with Gasteiger partial charge in [0.1, 0.15) is 11.6 Å². The standard InChI is InChI=1S/C22H35N2O2.HI/c1-22(19-11-7-6-8-12-19,23-15-9-4-5-10-16-23)21(25)26-20-13-17-24(2,3)18-14-20;/h6-8,11-12,20H,4-5,9-10,13-18H2,1-3H3;1H/q+1;/p-1. The van der Waals surface area contributed by atoms with Gasteiger partial charge in [0.25, 0.3) is 0 Å². The molecule has 0 radical (unpaired) electrons. The second-order valence-corrected chi connectivity index (χ2v) is 8.83. The molecule has 0 bridgehead atoms. The largest absolute Gasteiger partial charge is 1.00 e. The molecule has 152 valence electrons. The predicted molar refractivity (Wildman–Crippen MR) is 105 cm³/mol. The Morgan fingerprint density at radius 3 is 2.15 bits per heavy atom. The van der Waals surface area contributed by atoms with E-state index in [0.717, 1.165) is 61.9 Å². The van der Waals surface area contributed by atoms with Crippen molar-refractivity contribution in [3.8, 4) is 0 Å². The van der Waals surface area contributed by atoms with Gasteiger partial charge in [0.15, 0.2) is 0 Å². The first-order chi connectivity index (χ1) is 12.4. The molecule has 1 aromatic rings. The van der Waals surface area contributed by atoms with Crippen molar-refractivity contribution < 1.29 is 38.0 Å². The van der Waals surface area contributed by atoms with E-state index < -0.39 is 5.54 Å². The molecule has 1 atom stereocenters. The second-order valence-electron chi connectivity index (χ2n) is 8.83. The van der Waals surface area contributed by atoms with Gasteiger partial charge in [-0.15, -0.1) is 0 Å². The molecule has 0 aliphatic carbocycles. The zero-order chi connectivity index (χ0) is 18.6. The summed E-state index contributed by atoms with van der Waals surface area (Å²) in [4.78, 5) is 15.8. The maximum absolute atomic E-state index is 13.4. The van der Waals surface area contributed by atoms with Crippen molar-refractivity contribution in [3.05, 3.63) is 35.9 Å². The van der Waals surface area contributed by atoms with Crippen LogP contribution in [0.15, 0.2) is 30.3 Å². The lowest BCUT2D eigenvalue weighted by atomic mass is 9.89. The Kier molecular flexibility index (Phi) is 8.13. The van der Waals surface area contributed by atoms with Crippen molar-refractivity contribution in [2.24, 2.45) is 0 Å². The number of rotatable bonds is 4. The van der Waals surface area contributed by atoms with E-state index in [1.807, 2.05) is 18.2 Å². The Bertz CT molecular complexity index is 590. The fourth-order valence-corrected chi connectivity index (χ4v) is 4.34. The van der Waals surface area contributed by atoms with Crippen LogP contribution in [0.4, 0.5) is 0 Å². The van der Waals surface area contributed by atoms with Crippen LogP contribution in [0.5, 0.6) is 0 Å². The summed E-state index contributed by atoms with van der Waals surface area (Å²) in [6.07, 6.45) is 6.81. The maximum Gasteiger partial charge on any atom is 0.331 e. The highest BCUT2D eigenvalue weighted by Crippen LogP contribution is 2.33. The van der Waals surface area contributed by atoms with Gasteiger partial charge >= 0.3 is 5.97 Å². The van der Waals surface area contributed by atoms with Gasteiger partial charge in [-0.05, 0) is 38.4 Å². The molecule has 27 heavy (non-hydrogen) atoms. The van der Waals surface area contributed by atoms with Crippen molar-refractivity contribution in [1.82, 2.24) is 4.90 Å². The molecular formula is C22H35IN2O2. The first-order valence-corrected chi connectivity index (χ1v) is 10.3. The minimum atomic E-state index is -0.687. The van der Waals surface area contributed by atoms with Crippen LogP contribution in [0.25, 0.3) is 0 Å². The Morgan fingerprint density at radius 1 is 1.04 bits per heavy atom. The number of benzene rings is 1. The molecule has 0 N–H and O–H groups in total. The summed E-state index contributed by atoms with van der Waals surface area (Å²) in [7, 11) is 4.51. The summed E-state index contributed by atoms with van der Waals surface area (Å²) in [6.45, 7) is 6.15. The quantitative estimate of drug-likeness (QED) is 0.354. The van der Waals surface area contributed by atoms with Crippen molar-refractivity contribution in [2.75, 3.05) is 40.3 Å². The molecule has 4 nitrogen and oxygen atoms in total. The fourth-order valence-electron chi connectivity index (χ4n) is 4.34. The maximum atomic E-state index is 13.4. The van der Waals surface area contributed by atoms with Crippen LogP contribution < -0.4 is 24.0 Å². The van der Waals surface area contributed by atoms with Crippen LogP contribution in [0.3, 0.4) is 0 Å². The summed E-state index contributed by atoms with van der Waals surface area (Å²) in [6, 6.07) is 10.2. The Hall–Kier alpha value is -0.660. The molecule has 1 aromatic carbocycles. The van der Waals surface area contributed by atoms with E-state index in [-0.39, 0.29) is 36.0 Å². The van der Waals surface area contributed by atoms with Crippen LogP contribution >= 0.6 is 0 Å². The number of likely N-dealkylation sites (tertiary alicyclic amines) is 2. The van der Waals surface area contributed by atoms with Gasteiger partial charge in [-0.1, -0.05) is 43.2 Å². The highest BCUT2D eigenvalue weighted by atomic mass is 127. The van der Waals surface area contributed by atoms with E-state index >= 15 is 0 Å². The van der Waals surface area contributed by atoms with E-state index in [9.17, 15) is 4.79 Å². The van der Waals surface area contributed by atoms with Crippen LogP contribution in [-0.4, -0.2) is 61.7 Å². The third-order valence-electron chi connectivity index (χ3n) is 6.36. The molecule has 5 heteroatoms. The smallest absolute Gasteiger partial charge is 0.331 e. The molecule has 0 saturated carbocycles. The number of quaternary nitrogens is 1. The topological polar surface area (TPSA) is 29.5 Å². The molecule has 0 spiro atoms. The first-order valence-electron chi connectivity index (χ1n) is 10.3. The van der Waals surface area contributed by atoms with Crippen molar-refractivity contribution in [1.29, 1.82) is 0 Å². The molecule has 2 fully saturated rings.